The Morgan fingerprint density at radius 3 is 3.00 bits per heavy atom. The Morgan fingerprint density at radius 1 is 1.52 bits per heavy atom. The molecule has 1 aromatic rings. The second-order valence-corrected chi connectivity index (χ2v) is 5.29. The lowest BCUT2D eigenvalue weighted by atomic mass is 10.1. The van der Waals surface area contributed by atoms with Gasteiger partial charge in [0, 0.05) is 11.6 Å². The number of hydrogen-bond donors (Lipinski definition) is 2. The minimum atomic E-state index is -0.0444. The molecule has 1 saturated carbocycles. The molecule has 0 saturated heterocycles. The fraction of sp³-hybridized carbons (Fsp3) is 0.471. The zero-order chi connectivity index (χ0) is 15.2. The van der Waals surface area contributed by atoms with Crippen molar-refractivity contribution in [2.45, 2.75) is 32.2 Å². The highest BCUT2D eigenvalue weighted by molar-refractivity contribution is 5.95. The second-order valence-electron chi connectivity index (χ2n) is 5.29. The van der Waals surface area contributed by atoms with Crippen molar-refractivity contribution in [3.8, 4) is 17.6 Å². The second kappa shape index (κ2) is 7.14. The van der Waals surface area contributed by atoms with Crippen molar-refractivity contribution in [3.63, 3.8) is 0 Å². The van der Waals surface area contributed by atoms with Crippen molar-refractivity contribution in [1.82, 2.24) is 5.32 Å². The number of rotatable bonds is 5. The number of nitrogens with two attached hydrogens (primary N) is 1. The predicted molar refractivity (Wildman–Crippen MR) is 83.2 cm³/mol. The molecule has 1 amide bonds. The Hall–Kier alpha value is -1.99. The lowest BCUT2D eigenvalue weighted by Gasteiger charge is -2.08. The predicted octanol–water partition coefficient (Wildman–Crippen LogP) is 1.92. The summed E-state index contributed by atoms with van der Waals surface area (Å²) in [7, 11) is 1.59. The van der Waals surface area contributed by atoms with Crippen LogP contribution in [-0.4, -0.2) is 25.6 Å². The number of nitrogens with one attached hydrogen (secondary N) is 1. The summed E-state index contributed by atoms with van der Waals surface area (Å²) in [5.41, 5.74) is 6.69. The third kappa shape index (κ3) is 3.99. The summed E-state index contributed by atoms with van der Waals surface area (Å²) >= 11 is 0. The molecule has 1 aliphatic carbocycles. The molecule has 4 nitrogen and oxygen atoms in total. The third-order valence-electron chi connectivity index (χ3n) is 3.69. The van der Waals surface area contributed by atoms with Gasteiger partial charge in [0.1, 0.15) is 5.75 Å². The molecule has 0 bridgehead atoms. The molecule has 0 heterocycles. The van der Waals surface area contributed by atoms with Gasteiger partial charge in [0.2, 0.25) is 0 Å². The first kappa shape index (κ1) is 15.4. The Balaban J connectivity index is 2.07. The summed E-state index contributed by atoms with van der Waals surface area (Å²) < 4.78 is 5.24. The molecule has 2 rings (SSSR count). The fourth-order valence-corrected chi connectivity index (χ4v) is 2.46. The van der Waals surface area contributed by atoms with Gasteiger partial charge in [-0.25, -0.2) is 0 Å². The molecule has 0 radical (unpaired) electrons. The van der Waals surface area contributed by atoms with Crippen LogP contribution in [0, 0.1) is 17.8 Å². The maximum atomic E-state index is 12.2. The number of amides is 1. The van der Waals surface area contributed by atoms with Crippen molar-refractivity contribution in [1.29, 1.82) is 0 Å². The van der Waals surface area contributed by atoms with Crippen molar-refractivity contribution in [2.24, 2.45) is 11.7 Å². The van der Waals surface area contributed by atoms with Gasteiger partial charge >= 0.3 is 0 Å². The number of carbonyl (C=O) groups excluding carboxylic acids is 1. The monoisotopic (exact) mass is 286 g/mol. The van der Waals surface area contributed by atoms with Crippen LogP contribution in [-0.2, 0) is 0 Å². The fourth-order valence-electron chi connectivity index (χ4n) is 2.46. The molecular formula is C17H22N2O2. The summed E-state index contributed by atoms with van der Waals surface area (Å²) in [5, 5.41) is 3.07. The number of carbonyl (C=O) groups is 1. The van der Waals surface area contributed by atoms with Crippen LogP contribution in [0.1, 0.15) is 42.1 Å². The Kier molecular flexibility index (Phi) is 5.24. The zero-order valence-electron chi connectivity index (χ0n) is 12.6. The molecule has 1 aromatic carbocycles. The Bertz CT molecular complexity index is 572. The van der Waals surface area contributed by atoms with Crippen LogP contribution in [0.2, 0.25) is 0 Å². The van der Waals surface area contributed by atoms with Crippen LogP contribution >= 0.6 is 0 Å². The zero-order valence-corrected chi connectivity index (χ0v) is 12.6. The van der Waals surface area contributed by atoms with Crippen LogP contribution < -0.4 is 15.8 Å². The van der Waals surface area contributed by atoms with Crippen LogP contribution in [0.3, 0.4) is 0 Å². The maximum Gasteiger partial charge on any atom is 0.251 e. The van der Waals surface area contributed by atoms with Gasteiger partial charge in [-0.05, 0) is 37.0 Å². The highest BCUT2D eigenvalue weighted by Gasteiger charge is 2.37. The van der Waals surface area contributed by atoms with Gasteiger partial charge in [0.05, 0.1) is 19.2 Å². The van der Waals surface area contributed by atoms with E-state index in [1.807, 2.05) is 0 Å². The molecule has 1 fully saturated rings. The summed E-state index contributed by atoms with van der Waals surface area (Å²) in [6.07, 6.45) is 3.44. The average Bonchev–Trinajstić information content (AvgIpc) is 3.22. The van der Waals surface area contributed by atoms with Crippen molar-refractivity contribution in [3.05, 3.63) is 29.3 Å². The van der Waals surface area contributed by atoms with Gasteiger partial charge < -0.3 is 15.8 Å². The molecule has 0 aromatic heterocycles. The van der Waals surface area contributed by atoms with E-state index in [4.69, 9.17) is 10.5 Å². The molecule has 112 valence electrons. The van der Waals surface area contributed by atoms with Gasteiger partial charge in [-0.15, -0.1) is 0 Å². The number of hydrogen-bond acceptors (Lipinski definition) is 3. The summed E-state index contributed by atoms with van der Waals surface area (Å²) in [5.74, 6) is 6.98. The van der Waals surface area contributed by atoms with E-state index >= 15 is 0 Å². The number of methoxy groups -OCH3 is 1. The van der Waals surface area contributed by atoms with E-state index in [2.05, 4.69) is 24.1 Å². The molecule has 21 heavy (non-hydrogen) atoms. The first-order valence-electron chi connectivity index (χ1n) is 7.37. The van der Waals surface area contributed by atoms with E-state index in [9.17, 15) is 4.79 Å². The van der Waals surface area contributed by atoms with E-state index in [1.165, 1.54) is 12.8 Å². The van der Waals surface area contributed by atoms with Gasteiger partial charge in [0.25, 0.3) is 5.91 Å². The van der Waals surface area contributed by atoms with Crippen molar-refractivity contribution < 1.29 is 9.53 Å². The first-order valence-corrected chi connectivity index (χ1v) is 7.37. The molecule has 4 heteroatoms. The third-order valence-corrected chi connectivity index (χ3v) is 3.69. The highest BCUT2D eigenvalue weighted by atomic mass is 16.5. The molecule has 2 unspecified atom stereocenters. The smallest absolute Gasteiger partial charge is 0.251 e. The maximum absolute atomic E-state index is 12.2. The van der Waals surface area contributed by atoms with Crippen molar-refractivity contribution >= 4 is 5.91 Å². The van der Waals surface area contributed by atoms with E-state index in [0.717, 1.165) is 6.42 Å². The molecule has 0 spiro atoms. The van der Waals surface area contributed by atoms with Crippen molar-refractivity contribution in [2.75, 3.05) is 13.7 Å². The van der Waals surface area contributed by atoms with Crippen LogP contribution in [0.4, 0.5) is 0 Å². The Morgan fingerprint density at radius 2 is 2.33 bits per heavy atom. The minimum Gasteiger partial charge on any atom is -0.495 e. The molecule has 1 aliphatic rings. The standard InChI is InChI=1S/C17H22N2O2/c1-3-5-12-11-15(12)19-17(20)14-7-8-16(21-2)13(10-14)6-4-9-18/h7-8,10,12,15H,3,5,9,11,18H2,1-2H3,(H,19,20). The Labute approximate surface area is 126 Å². The van der Waals surface area contributed by atoms with Gasteiger partial charge in [-0.2, -0.15) is 0 Å². The van der Waals surface area contributed by atoms with Crippen LogP contribution in [0.25, 0.3) is 0 Å². The van der Waals surface area contributed by atoms with E-state index < -0.39 is 0 Å². The molecule has 2 atom stereocenters. The number of benzene rings is 1. The van der Waals surface area contributed by atoms with Crippen LogP contribution in [0.5, 0.6) is 5.75 Å². The lowest BCUT2D eigenvalue weighted by molar-refractivity contribution is 0.0948. The minimum absolute atomic E-state index is 0.0444. The SMILES string of the molecule is CCCC1CC1NC(=O)c1ccc(OC)c(C#CCN)c1. The summed E-state index contributed by atoms with van der Waals surface area (Å²) in [6.45, 7) is 2.45. The average molecular weight is 286 g/mol. The van der Waals surface area contributed by atoms with Gasteiger partial charge in [-0.1, -0.05) is 25.2 Å². The molecule has 3 N–H and O–H groups in total. The molecule has 0 aliphatic heterocycles. The van der Waals surface area contributed by atoms with Crippen LogP contribution in [0.15, 0.2) is 18.2 Å². The topological polar surface area (TPSA) is 64.3 Å². The number of ether oxygens (including phenoxy) is 1. The quantitative estimate of drug-likeness (QED) is 0.813. The summed E-state index contributed by atoms with van der Waals surface area (Å²) in [6, 6.07) is 5.62. The lowest BCUT2D eigenvalue weighted by Crippen LogP contribution is -2.26. The van der Waals surface area contributed by atoms with E-state index in [-0.39, 0.29) is 12.5 Å². The first-order chi connectivity index (χ1) is 10.2. The van der Waals surface area contributed by atoms with E-state index in [1.54, 1.807) is 25.3 Å². The largest absolute Gasteiger partial charge is 0.495 e. The molecular weight excluding hydrogens is 264 g/mol. The normalized spacial score (nSPS) is 19.4. The highest BCUT2D eigenvalue weighted by Crippen LogP contribution is 2.34. The van der Waals surface area contributed by atoms with Gasteiger partial charge in [0.15, 0.2) is 0 Å². The summed E-state index contributed by atoms with van der Waals surface area (Å²) in [4.78, 5) is 12.2. The van der Waals surface area contributed by atoms with Gasteiger partial charge in [-0.3, -0.25) is 4.79 Å². The van der Waals surface area contributed by atoms with E-state index in [0.29, 0.717) is 28.8 Å².